The Morgan fingerprint density at radius 3 is 1.60 bits per heavy atom. The summed E-state index contributed by atoms with van der Waals surface area (Å²) in [5.41, 5.74) is 0. The minimum Gasteiger partial charge on any atom is -0.394 e. The number of hydrogen-bond acceptors (Lipinski definition) is 11. The van der Waals surface area contributed by atoms with Crippen molar-refractivity contribution in [3.63, 3.8) is 0 Å². The summed E-state index contributed by atoms with van der Waals surface area (Å²) in [6.45, 7) is 3.20. The monoisotopic (exact) mass is 878 g/mol. The summed E-state index contributed by atoms with van der Waals surface area (Å²) in [6.07, 6.45) is 29.8. The third-order valence-corrected chi connectivity index (χ3v) is 11.8. The average molecular weight is 878 g/mol. The molecule has 1 rings (SSSR count). The van der Waals surface area contributed by atoms with E-state index in [9.17, 15) is 43.3 Å². The summed E-state index contributed by atoms with van der Waals surface area (Å²) in [5, 5.41) is 55.2. The molecular formula is C46H87NO12S. The van der Waals surface area contributed by atoms with Crippen molar-refractivity contribution < 1.29 is 57.0 Å². The number of amides is 1. The number of ether oxygens (including phenoxy) is 2. The van der Waals surface area contributed by atoms with E-state index in [0.29, 0.717) is 12.8 Å². The fourth-order valence-corrected chi connectivity index (χ4v) is 8.04. The summed E-state index contributed by atoms with van der Waals surface area (Å²) < 4.78 is 47.5. The molecule has 1 fully saturated rings. The quantitative estimate of drug-likeness (QED) is 0.0176. The van der Waals surface area contributed by atoms with Crippen LogP contribution < -0.4 is 5.32 Å². The number of aliphatic hydroxyl groups is 5. The summed E-state index contributed by atoms with van der Waals surface area (Å²) in [6, 6.07) is -1.13. The van der Waals surface area contributed by atoms with Crippen molar-refractivity contribution in [2.45, 2.75) is 249 Å². The molecule has 0 radical (unpaired) electrons. The Morgan fingerprint density at radius 2 is 1.12 bits per heavy atom. The molecule has 0 aromatic rings. The van der Waals surface area contributed by atoms with Gasteiger partial charge in [0.05, 0.1) is 25.4 Å². The fourth-order valence-electron chi connectivity index (χ4n) is 7.54. The predicted octanol–water partition coefficient (Wildman–Crippen LogP) is 8.30. The van der Waals surface area contributed by atoms with Crippen LogP contribution in [0.2, 0.25) is 0 Å². The third-order valence-electron chi connectivity index (χ3n) is 11.3. The molecule has 8 unspecified atom stereocenters. The number of allylic oxidation sites excluding steroid dienone is 3. The van der Waals surface area contributed by atoms with Gasteiger partial charge in [-0.25, -0.2) is 4.18 Å². The lowest BCUT2D eigenvalue weighted by Gasteiger charge is -2.41. The van der Waals surface area contributed by atoms with E-state index in [1.54, 1.807) is 6.08 Å². The first kappa shape index (κ1) is 56.6. The van der Waals surface area contributed by atoms with Crippen LogP contribution >= 0.6 is 0 Å². The average Bonchev–Trinajstić information content (AvgIpc) is 3.22. The van der Waals surface area contributed by atoms with Gasteiger partial charge in [-0.2, -0.15) is 8.42 Å². The second kappa shape index (κ2) is 37.0. The SMILES string of the molecule is CCCCCCCCCC/C=C/CC/C=C/C(O)C(COC1OC(CO)C(O)C(OS(=O)(=O)O)C1O)NC(=O)C(O)CCCCCCCCCCCCCCCCCCC. The molecule has 0 bridgehead atoms. The molecule has 1 aliphatic heterocycles. The van der Waals surface area contributed by atoms with Crippen molar-refractivity contribution in [1.29, 1.82) is 0 Å². The highest BCUT2D eigenvalue weighted by Crippen LogP contribution is 2.26. The van der Waals surface area contributed by atoms with Crippen LogP contribution in [-0.2, 0) is 28.9 Å². The van der Waals surface area contributed by atoms with E-state index < -0.39 is 78.5 Å². The van der Waals surface area contributed by atoms with Crippen molar-refractivity contribution in [2.75, 3.05) is 13.2 Å². The van der Waals surface area contributed by atoms with Gasteiger partial charge in [-0.05, 0) is 32.1 Å². The van der Waals surface area contributed by atoms with Crippen LogP contribution in [0.5, 0.6) is 0 Å². The predicted molar refractivity (Wildman–Crippen MR) is 238 cm³/mol. The van der Waals surface area contributed by atoms with Crippen molar-refractivity contribution >= 4 is 16.3 Å². The van der Waals surface area contributed by atoms with Gasteiger partial charge in [-0.1, -0.05) is 192 Å². The first-order valence-corrected chi connectivity index (χ1v) is 25.2. The molecule has 1 amide bonds. The van der Waals surface area contributed by atoms with Crippen LogP contribution in [0.1, 0.15) is 200 Å². The summed E-state index contributed by atoms with van der Waals surface area (Å²) >= 11 is 0. The van der Waals surface area contributed by atoms with Crippen LogP contribution in [0.15, 0.2) is 24.3 Å². The molecule has 0 spiro atoms. The van der Waals surface area contributed by atoms with Crippen LogP contribution in [0, 0.1) is 0 Å². The summed E-state index contributed by atoms with van der Waals surface area (Å²) in [5.74, 6) is -0.710. The van der Waals surface area contributed by atoms with Gasteiger partial charge < -0.3 is 40.3 Å². The lowest BCUT2D eigenvalue weighted by atomic mass is 9.99. The Kier molecular flexibility index (Phi) is 34.8. The Bertz CT molecular complexity index is 1190. The Balaban J connectivity index is 2.58. The Hall–Kier alpha value is -1.46. The van der Waals surface area contributed by atoms with Crippen molar-refractivity contribution in [1.82, 2.24) is 5.32 Å². The number of carbonyl (C=O) groups is 1. The van der Waals surface area contributed by atoms with E-state index in [1.807, 2.05) is 0 Å². The summed E-state index contributed by atoms with van der Waals surface area (Å²) in [4.78, 5) is 13.1. The summed E-state index contributed by atoms with van der Waals surface area (Å²) in [7, 11) is -5.12. The number of unbranched alkanes of at least 4 members (excludes halogenated alkanes) is 25. The highest BCUT2D eigenvalue weighted by atomic mass is 32.3. The molecule has 354 valence electrons. The van der Waals surface area contributed by atoms with Gasteiger partial charge in [0.1, 0.15) is 30.5 Å². The Labute approximate surface area is 364 Å². The topological polar surface area (TPSA) is 212 Å². The highest BCUT2D eigenvalue weighted by molar-refractivity contribution is 7.80. The number of carbonyl (C=O) groups excluding carboxylic acids is 1. The molecule has 14 heteroatoms. The molecule has 0 aromatic carbocycles. The highest BCUT2D eigenvalue weighted by Gasteiger charge is 2.48. The zero-order valence-electron chi connectivity index (χ0n) is 37.4. The normalized spacial score (nSPS) is 21.5. The second-order valence-corrected chi connectivity index (χ2v) is 17.9. The molecular weight excluding hydrogens is 791 g/mol. The second-order valence-electron chi connectivity index (χ2n) is 16.8. The van der Waals surface area contributed by atoms with Gasteiger partial charge in [0.25, 0.3) is 0 Å². The maximum Gasteiger partial charge on any atom is 0.397 e. The molecule has 1 heterocycles. The smallest absolute Gasteiger partial charge is 0.394 e. The van der Waals surface area contributed by atoms with E-state index in [0.717, 1.165) is 38.5 Å². The minimum atomic E-state index is -5.12. The standard InChI is InChI=1S/C46H87NO12S/c1-3-5-7-9-11-13-15-17-19-20-21-23-25-27-29-31-33-35-40(50)45(53)47-38(37-57-46-43(52)44(59-60(54,55)56)42(51)41(36-48)58-46)39(49)34-32-30-28-26-24-22-18-16-14-12-10-8-6-4-2/h24,26,32,34,38-44,46,48-52H,3-23,25,27-31,33,35-37H2,1-2H3,(H,47,53)(H,54,55,56)/b26-24+,34-32+. The first-order valence-electron chi connectivity index (χ1n) is 23.8. The fraction of sp³-hybridized carbons (Fsp3) is 0.891. The van der Waals surface area contributed by atoms with E-state index in [4.69, 9.17) is 9.47 Å². The van der Waals surface area contributed by atoms with Crippen molar-refractivity contribution in [3.8, 4) is 0 Å². The van der Waals surface area contributed by atoms with Crippen molar-refractivity contribution in [2.24, 2.45) is 0 Å². The van der Waals surface area contributed by atoms with E-state index in [2.05, 4.69) is 35.5 Å². The maximum atomic E-state index is 13.1. The molecule has 60 heavy (non-hydrogen) atoms. The van der Waals surface area contributed by atoms with Crippen LogP contribution in [0.25, 0.3) is 0 Å². The van der Waals surface area contributed by atoms with Gasteiger partial charge >= 0.3 is 10.4 Å². The third kappa shape index (κ3) is 29.0. The van der Waals surface area contributed by atoms with Gasteiger partial charge in [-0.3, -0.25) is 9.35 Å². The van der Waals surface area contributed by atoms with E-state index >= 15 is 0 Å². The molecule has 8 atom stereocenters. The van der Waals surface area contributed by atoms with Crippen LogP contribution in [0.4, 0.5) is 0 Å². The molecule has 1 aliphatic rings. The zero-order valence-corrected chi connectivity index (χ0v) is 38.2. The molecule has 0 aliphatic carbocycles. The number of aliphatic hydroxyl groups excluding tert-OH is 5. The van der Waals surface area contributed by atoms with Gasteiger partial charge in [0.2, 0.25) is 5.91 Å². The molecule has 7 N–H and O–H groups in total. The maximum absolute atomic E-state index is 13.1. The van der Waals surface area contributed by atoms with Gasteiger partial charge in [0, 0.05) is 0 Å². The lowest BCUT2D eigenvalue weighted by molar-refractivity contribution is -0.298. The first-order chi connectivity index (χ1) is 28.9. The molecule has 13 nitrogen and oxygen atoms in total. The minimum absolute atomic E-state index is 0.240. The molecule has 1 saturated heterocycles. The Morgan fingerprint density at radius 1 is 0.667 bits per heavy atom. The van der Waals surface area contributed by atoms with Crippen molar-refractivity contribution in [3.05, 3.63) is 24.3 Å². The van der Waals surface area contributed by atoms with E-state index in [1.165, 1.54) is 134 Å². The molecule has 0 saturated carbocycles. The number of nitrogens with one attached hydrogen (secondary N) is 1. The van der Waals surface area contributed by atoms with E-state index in [-0.39, 0.29) is 6.42 Å². The molecule has 0 aromatic heterocycles. The van der Waals surface area contributed by atoms with Crippen LogP contribution in [-0.4, -0.2) is 107 Å². The number of rotatable bonds is 40. The zero-order chi connectivity index (χ0) is 44.3. The van der Waals surface area contributed by atoms with Gasteiger partial charge in [-0.15, -0.1) is 0 Å². The number of hydrogen-bond donors (Lipinski definition) is 7. The van der Waals surface area contributed by atoms with Crippen LogP contribution in [0.3, 0.4) is 0 Å². The lowest BCUT2D eigenvalue weighted by Crippen LogP contribution is -2.61. The largest absolute Gasteiger partial charge is 0.397 e. The van der Waals surface area contributed by atoms with Gasteiger partial charge in [0.15, 0.2) is 6.29 Å².